The Morgan fingerprint density at radius 1 is 1.35 bits per heavy atom. The maximum absolute atomic E-state index is 11.2. The Bertz CT molecular complexity index is 294. The minimum Gasteiger partial charge on any atom is -0.449 e. The fraction of sp³-hybridized carbons (Fsp3) is 0.643. The van der Waals surface area contributed by atoms with Gasteiger partial charge in [0.15, 0.2) is 0 Å². The van der Waals surface area contributed by atoms with Gasteiger partial charge in [-0.05, 0) is 26.3 Å². The molecule has 0 rings (SSSR count). The number of aliphatic hydroxyl groups excluding tert-OH is 1. The van der Waals surface area contributed by atoms with Crippen molar-refractivity contribution in [1.29, 1.82) is 0 Å². The molecule has 3 nitrogen and oxygen atoms in total. The summed E-state index contributed by atoms with van der Waals surface area (Å²) in [4.78, 5) is 11.2. The summed E-state index contributed by atoms with van der Waals surface area (Å²) >= 11 is 0. The molecule has 3 heteroatoms. The van der Waals surface area contributed by atoms with E-state index in [2.05, 4.69) is 18.8 Å². The first-order chi connectivity index (χ1) is 8.06. The van der Waals surface area contributed by atoms with E-state index in [0.29, 0.717) is 0 Å². The maximum Gasteiger partial charge on any atom is 0.384 e. The van der Waals surface area contributed by atoms with Crippen molar-refractivity contribution in [2.45, 2.75) is 58.7 Å². The van der Waals surface area contributed by atoms with Crippen molar-refractivity contribution in [3.63, 3.8) is 0 Å². The molecule has 0 saturated heterocycles. The number of esters is 1. The summed E-state index contributed by atoms with van der Waals surface area (Å²) < 4.78 is 5.00. The molecule has 0 saturated carbocycles. The fourth-order valence-electron chi connectivity index (χ4n) is 1.15. The van der Waals surface area contributed by atoms with Crippen LogP contribution in [0.3, 0.4) is 0 Å². The van der Waals surface area contributed by atoms with Gasteiger partial charge in [-0.1, -0.05) is 31.8 Å². The Balaban J connectivity index is 3.84. The molecular formula is C14H22O3. The number of hydrogen-bond donors (Lipinski definition) is 1. The Morgan fingerprint density at radius 3 is 2.65 bits per heavy atom. The number of unbranched alkanes of at least 4 members (excludes halogenated alkanes) is 3. The molecule has 0 aromatic rings. The Labute approximate surface area is 104 Å². The molecule has 0 aliphatic heterocycles. The third-order valence-electron chi connectivity index (χ3n) is 2.05. The van der Waals surface area contributed by atoms with Crippen LogP contribution in [0.25, 0.3) is 0 Å². The van der Waals surface area contributed by atoms with E-state index in [-0.39, 0.29) is 6.10 Å². The fourth-order valence-corrected chi connectivity index (χ4v) is 1.15. The minimum atomic E-state index is -0.531. The SMILES string of the molecule is CCCCCC#CC(=O)O[C@@H](C)C=C[C@@H](C)O. The molecular weight excluding hydrogens is 216 g/mol. The minimum absolute atomic E-state index is 0.359. The summed E-state index contributed by atoms with van der Waals surface area (Å²) in [6.07, 6.45) is 6.37. The van der Waals surface area contributed by atoms with Crippen molar-refractivity contribution < 1.29 is 14.6 Å². The van der Waals surface area contributed by atoms with E-state index in [0.717, 1.165) is 25.7 Å². The van der Waals surface area contributed by atoms with Crippen LogP contribution in [0.15, 0.2) is 12.2 Å². The van der Waals surface area contributed by atoms with Gasteiger partial charge < -0.3 is 9.84 Å². The highest BCUT2D eigenvalue weighted by Gasteiger charge is 2.02. The third-order valence-corrected chi connectivity index (χ3v) is 2.05. The molecule has 0 aromatic heterocycles. The summed E-state index contributed by atoms with van der Waals surface area (Å²) in [6.45, 7) is 5.49. The summed E-state index contributed by atoms with van der Waals surface area (Å²) in [7, 11) is 0. The number of carbonyl (C=O) groups is 1. The highest BCUT2D eigenvalue weighted by Crippen LogP contribution is 1.98. The molecule has 0 aromatic carbocycles. The normalized spacial score (nSPS) is 13.9. The third kappa shape index (κ3) is 11.0. The molecule has 0 heterocycles. The van der Waals surface area contributed by atoms with Crippen LogP contribution in [-0.4, -0.2) is 23.3 Å². The Hall–Kier alpha value is -1.27. The molecule has 0 fully saturated rings. The van der Waals surface area contributed by atoms with E-state index in [1.54, 1.807) is 26.0 Å². The van der Waals surface area contributed by atoms with Crippen molar-refractivity contribution in [1.82, 2.24) is 0 Å². The predicted octanol–water partition coefficient (Wildman–Crippen LogP) is 2.44. The van der Waals surface area contributed by atoms with Gasteiger partial charge in [-0.25, -0.2) is 4.79 Å². The number of hydrogen-bond acceptors (Lipinski definition) is 3. The van der Waals surface area contributed by atoms with Gasteiger partial charge in [0.05, 0.1) is 6.10 Å². The van der Waals surface area contributed by atoms with Gasteiger partial charge in [-0.15, -0.1) is 0 Å². The van der Waals surface area contributed by atoms with Gasteiger partial charge >= 0.3 is 5.97 Å². The predicted molar refractivity (Wildman–Crippen MR) is 68.3 cm³/mol. The summed E-state index contributed by atoms with van der Waals surface area (Å²) in [6, 6.07) is 0. The molecule has 17 heavy (non-hydrogen) atoms. The number of aliphatic hydroxyl groups is 1. The zero-order valence-electron chi connectivity index (χ0n) is 10.9. The van der Waals surface area contributed by atoms with Gasteiger partial charge in [0.2, 0.25) is 0 Å². The van der Waals surface area contributed by atoms with Crippen molar-refractivity contribution in [3.8, 4) is 11.8 Å². The molecule has 0 aliphatic carbocycles. The average Bonchev–Trinajstić information content (AvgIpc) is 2.26. The summed E-state index contributed by atoms with van der Waals surface area (Å²) in [5.41, 5.74) is 0. The van der Waals surface area contributed by atoms with Gasteiger partial charge in [0, 0.05) is 12.3 Å². The van der Waals surface area contributed by atoms with Crippen molar-refractivity contribution in [3.05, 3.63) is 12.2 Å². The molecule has 0 radical (unpaired) electrons. The van der Waals surface area contributed by atoms with Crippen LogP contribution in [0, 0.1) is 11.8 Å². The van der Waals surface area contributed by atoms with E-state index < -0.39 is 12.1 Å². The maximum atomic E-state index is 11.2. The molecule has 0 amide bonds. The first-order valence-electron chi connectivity index (χ1n) is 6.12. The zero-order valence-corrected chi connectivity index (χ0v) is 10.9. The second kappa shape index (κ2) is 9.92. The van der Waals surface area contributed by atoms with E-state index in [4.69, 9.17) is 9.84 Å². The van der Waals surface area contributed by atoms with E-state index in [1.165, 1.54) is 0 Å². The molecule has 0 aliphatic rings. The van der Waals surface area contributed by atoms with Crippen LogP contribution >= 0.6 is 0 Å². The highest BCUT2D eigenvalue weighted by atomic mass is 16.5. The number of ether oxygens (including phenoxy) is 1. The van der Waals surface area contributed by atoms with Gasteiger partial charge in [0.1, 0.15) is 6.10 Å². The van der Waals surface area contributed by atoms with Crippen molar-refractivity contribution in [2.24, 2.45) is 0 Å². The quantitative estimate of drug-likeness (QED) is 0.254. The standard InChI is InChI=1S/C14H22O3/c1-4-5-6-7-8-9-14(16)17-13(3)11-10-12(2)15/h10-13,15H,4-7H2,1-3H3/t12-,13+/m1/s1. The van der Waals surface area contributed by atoms with Crippen molar-refractivity contribution in [2.75, 3.05) is 0 Å². The molecule has 0 bridgehead atoms. The first-order valence-corrected chi connectivity index (χ1v) is 6.12. The van der Waals surface area contributed by atoms with Crippen LogP contribution in [-0.2, 0) is 9.53 Å². The second-order valence-corrected chi connectivity index (χ2v) is 3.99. The second-order valence-electron chi connectivity index (χ2n) is 3.99. The zero-order chi connectivity index (χ0) is 13.1. The largest absolute Gasteiger partial charge is 0.449 e. The monoisotopic (exact) mass is 238 g/mol. The molecule has 96 valence electrons. The molecule has 0 unspecified atom stereocenters. The van der Waals surface area contributed by atoms with Crippen LogP contribution < -0.4 is 0 Å². The van der Waals surface area contributed by atoms with E-state index >= 15 is 0 Å². The van der Waals surface area contributed by atoms with Crippen LogP contribution in [0.4, 0.5) is 0 Å². The lowest BCUT2D eigenvalue weighted by Crippen LogP contribution is -2.11. The van der Waals surface area contributed by atoms with E-state index in [9.17, 15) is 4.79 Å². The van der Waals surface area contributed by atoms with Crippen LogP contribution in [0.1, 0.15) is 46.5 Å². The lowest BCUT2D eigenvalue weighted by Gasteiger charge is -2.05. The van der Waals surface area contributed by atoms with Crippen molar-refractivity contribution >= 4 is 5.97 Å². The number of carbonyl (C=O) groups excluding carboxylic acids is 1. The molecule has 0 spiro atoms. The van der Waals surface area contributed by atoms with Gasteiger partial charge in [0.25, 0.3) is 0 Å². The molecule has 1 N–H and O–H groups in total. The number of rotatable bonds is 6. The smallest absolute Gasteiger partial charge is 0.384 e. The highest BCUT2D eigenvalue weighted by molar-refractivity contribution is 5.88. The summed E-state index contributed by atoms with van der Waals surface area (Å²) in [5, 5.41) is 9.00. The van der Waals surface area contributed by atoms with E-state index in [1.807, 2.05) is 0 Å². The van der Waals surface area contributed by atoms with Crippen LogP contribution in [0.5, 0.6) is 0 Å². The lowest BCUT2D eigenvalue weighted by atomic mass is 10.2. The lowest BCUT2D eigenvalue weighted by molar-refractivity contribution is -0.139. The topological polar surface area (TPSA) is 46.5 Å². The Morgan fingerprint density at radius 2 is 2.06 bits per heavy atom. The molecule has 2 atom stereocenters. The average molecular weight is 238 g/mol. The first kappa shape index (κ1) is 15.7. The van der Waals surface area contributed by atoms with Gasteiger partial charge in [-0.2, -0.15) is 0 Å². The van der Waals surface area contributed by atoms with Gasteiger partial charge in [-0.3, -0.25) is 0 Å². The Kier molecular flexibility index (Phi) is 9.18. The van der Waals surface area contributed by atoms with Crippen LogP contribution in [0.2, 0.25) is 0 Å². The summed E-state index contributed by atoms with van der Waals surface area (Å²) in [5.74, 6) is 4.73.